The van der Waals surface area contributed by atoms with Crippen LogP contribution in [0.1, 0.15) is 29.0 Å². The van der Waals surface area contributed by atoms with Crippen molar-refractivity contribution in [1.82, 2.24) is 14.5 Å². The minimum atomic E-state index is 0.119. The topological polar surface area (TPSA) is 47.4 Å². The van der Waals surface area contributed by atoms with Crippen LogP contribution in [0.2, 0.25) is 0 Å². The molecule has 0 aliphatic carbocycles. The van der Waals surface area contributed by atoms with E-state index in [9.17, 15) is 4.79 Å². The zero-order valence-corrected chi connectivity index (χ0v) is 21.4. The molecular weight excluding hydrogens is 470 g/mol. The fraction of sp³-hybridized carbons (Fsp3) is 0.212. The third-order valence-electron chi connectivity index (χ3n) is 7.43. The molecule has 2 heterocycles. The molecule has 4 aromatic carbocycles. The number of fused-ring (bicyclic) bond motifs is 1. The van der Waals surface area contributed by atoms with Gasteiger partial charge in [0.2, 0.25) is 0 Å². The predicted molar refractivity (Wildman–Crippen MR) is 151 cm³/mol. The van der Waals surface area contributed by atoms with E-state index in [1.54, 1.807) is 0 Å². The molecule has 1 aliphatic rings. The second kappa shape index (κ2) is 10.9. The molecule has 1 aliphatic heterocycles. The standard InChI is InChI=1S/C33H31N3O2/c37-33(28-17-15-27(16-18-28)26-9-3-1-4-10-26)35-21-19-25(20-22-35)23-36-31-14-8-7-13-30(31)34-32(36)24-38-29-11-5-2-6-12-29/h1-18,25H,19-24H2. The molecule has 1 fully saturated rings. The SMILES string of the molecule is O=C(c1ccc(-c2ccccc2)cc1)N1CCC(Cn2c(COc3ccccc3)nc3ccccc32)CC1. The molecule has 5 aromatic rings. The van der Waals surface area contributed by atoms with Gasteiger partial charge in [0.1, 0.15) is 18.2 Å². The zero-order chi connectivity index (χ0) is 25.7. The summed E-state index contributed by atoms with van der Waals surface area (Å²) in [5.41, 5.74) is 5.17. The summed E-state index contributed by atoms with van der Waals surface area (Å²) < 4.78 is 8.36. The quantitative estimate of drug-likeness (QED) is 0.245. The van der Waals surface area contributed by atoms with Crippen molar-refractivity contribution in [3.05, 3.63) is 121 Å². The van der Waals surface area contributed by atoms with Gasteiger partial charge in [-0.25, -0.2) is 4.98 Å². The summed E-state index contributed by atoms with van der Waals surface area (Å²) in [4.78, 5) is 20.1. The van der Waals surface area contributed by atoms with Crippen LogP contribution in [0.25, 0.3) is 22.2 Å². The number of likely N-dealkylation sites (tertiary alicyclic amines) is 1. The molecule has 1 aromatic heterocycles. The third kappa shape index (κ3) is 5.18. The highest BCUT2D eigenvalue weighted by atomic mass is 16.5. The molecule has 5 heteroatoms. The molecule has 0 unspecified atom stereocenters. The van der Waals surface area contributed by atoms with Gasteiger partial charge in [0.05, 0.1) is 11.0 Å². The summed E-state index contributed by atoms with van der Waals surface area (Å²) in [6, 6.07) is 36.4. The van der Waals surface area contributed by atoms with Gasteiger partial charge in [-0.1, -0.05) is 72.8 Å². The van der Waals surface area contributed by atoms with Crippen molar-refractivity contribution < 1.29 is 9.53 Å². The Morgan fingerprint density at radius 2 is 1.39 bits per heavy atom. The van der Waals surface area contributed by atoms with Crippen LogP contribution in [0.3, 0.4) is 0 Å². The van der Waals surface area contributed by atoms with E-state index in [4.69, 9.17) is 9.72 Å². The molecule has 0 radical (unpaired) electrons. The van der Waals surface area contributed by atoms with Crippen LogP contribution >= 0.6 is 0 Å². The first-order valence-corrected chi connectivity index (χ1v) is 13.3. The monoisotopic (exact) mass is 501 g/mol. The van der Waals surface area contributed by atoms with Crippen molar-refractivity contribution in [2.45, 2.75) is 26.0 Å². The van der Waals surface area contributed by atoms with E-state index in [-0.39, 0.29) is 5.91 Å². The summed E-state index contributed by atoms with van der Waals surface area (Å²) in [6.07, 6.45) is 1.94. The zero-order valence-electron chi connectivity index (χ0n) is 21.4. The molecule has 6 rings (SSSR count). The average Bonchev–Trinajstić information content (AvgIpc) is 3.34. The first-order valence-electron chi connectivity index (χ1n) is 13.3. The molecule has 0 bridgehead atoms. The molecule has 190 valence electrons. The molecular formula is C33H31N3O2. The van der Waals surface area contributed by atoms with Crippen LogP contribution in [0.4, 0.5) is 0 Å². The largest absolute Gasteiger partial charge is 0.486 e. The van der Waals surface area contributed by atoms with Crippen LogP contribution in [0.5, 0.6) is 5.75 Å². The highest BCUT2D eigenvalue weighted by Crippen LogP contribution is 2.26. The molecule has 38 heavy (non-hydrogen) atoms. The Balaban J connectivity index is 1.11. The Bertz CT molecular complexity index is 1500. The second-order valence-electron chi connectivity index (χ2n) is 9.91. The van der Waals surface area contributed by atoms with Crippen molar-refractivity contribution in [3.8, 4) is 16.9 Å². The lowest BCUT2D eigenvalue weighted by atomic mass is 9.95. The maximum atomic E-state index is 13.2. The number of amides is 1. The maximum absolute atomic E-state index is 13.2. The van der Waals surface area contributed by atoms with E-state index in [0.29, 0.717) is 12.5 Å². The number of carbonyl (C=O) groups excluding carboxylic acids is 1. The first-order chi connectivity index (χ1) is 18.7. The van der Waals surface area contributed by atoms with Crippen molar-refractivity contribution in [1.29, 1.82) is 0 Å². The van der Waals surface area contributed by atoms with Gasteiger partial charge in [0, 0.05) is 25.2 Å². The van der Waals surface area contributed by atoms with Crippen molar-refractivity contribution >= 4 is 16.9 Å². The molecule has 0 spiro atoms. The second-order valence-corrected chi connectivity index (χ2v) is 9.91. The van der Waals surface area contributed by atoms with Gasteiger partial charge < -0.3 is 14.2 Å². The molecule has 0 saturated carbocycles. The van der Waals surface area contributed by atoms with Gasteiger partial charge in [0.25, 0.3) is 5.91 Å². The van der Waals surface area contributed by atoms with E-state index in [2.05, 4.69) is 34.9 Å². The summed E-state index contributed by atoms with van der Waals surface area (Å²) in [7, 11) is 0. The van der Waals surface area contributed by atoms with Gasteiger partial charge in [-0.15, -0.1) is 0 Å². The van der Waals surface area contributed by atoms with Gasteiger partial charge in [-0.05, 0) is 66.3 Å². The van der Waals surface area contributed by atoms with Gasteiger partial charge >= 0.3 is 0 Å². The normalized spacial score (nSPS) is 14.1. The first kappa shape index (κ1) is 24.0. The average molecular weight is 502 g/mol. The summed E-state index contributed by atoms with van der Waals surface area (Å²) in [5, 5.41) is 0. The minimum absolute atomic E-state index is 0.119. The Labute approximate surface area is 223 Å². The van der Waals surface area contributed by atoms with E-state index >= 15 is 0 Å². The minimum Gasteiger partial charge on any atom is -0.486 e. The fourth-order valence-electron chi connectivity index (χ4n) is 5.30. The fourth-order valence-corrected chi connectivity index (χ4v) is 5.30. The summed E-state index contributed by atoms with van der Waals surface area (Å²) in [6.45, 7) is 2.84. The van der Waals surface area contributed by atoms with E-state index in [1.165, 1.54) is 0 Å². The Hall–Kier alpha value is -4.38. The smallest absolute Gasteiger partial charge is 0.253 e. The highest BCUT2D eigenvalue weighted by Gasteiger charge is 2.25. The Morgan fingerprint density at radius 3 is 2.13 bits per heavy atom. The number of hydrogen-bond acceptors (Lipinski definition) is 3. The summed E-state index contributed by atoms with van der Waals surface area (Å²) >= 11 is 0. The number of ether oxygens (including phenoxy) is 1. The van der Waals surface area contributed by atoms with Gasteiger partial charge in [0.15, 0.2) is 0 Å². The number of aromatic nitrogens is 2. The van der Waals surface area contributed by atoms with E-state index in [1.807, 2.05) is 83.8 Å². The molecule has 1 saturated heterocycles. The Kier molecular flexibility index (Phi) is 6.90. The lowest BCUT2D eigenvalue weighted by Gasteiger charge is -2.32. The lowest BCUT2D eigenvalue weighted by Crippen LogP contribution is -2.39. The third-order valence-corrected chi connectivity index (χ3v) is 7.43. The summed E-state index contributed by atoms with van der Waals surface area (Å²) in [5.74, 6) is 2.38. The number of nitrogens with zero attached hydrogens (tertiary/aromatic N) is 3. The van der Waals surface area contributed by atoms with Gasteiger partial charge in [-0.2, -0.15) is 0 Å². The number of imidazole rings is 1. The predicted octanol–water partition coefficient (Wildman–Crippen LogP) is 6.83. The van der Waals surface area contributed by atoms with Crippen LogP contribution < -0.4 is 4.74 Å². The molecule has 5 nitrogen and oxygen atoms in total. The van der Waals surface area contributed by atoms with E-state index in [0.717, 1.165) is 71.8 Å². The van der Waals surface area contributed by atoms with Crippen LogP contribution in [-0.2, 0) is 13.2 Å². The number of para-hydroxylation sites is 3. The van der Waals surface area contributed by atoms with Crippen molar-refractivity contribution in [3.63, 3.8) is 0 Å². The Morgan fingerprint density at radius 1 is 0.763 bits per heavy atom. The van der Waals surface area contributed by atoms with Crippen molar-refractivity contribution in [2.75, 3.05) is 13.1 Å². The highest BCUT2D eigenvalue weighted by molar-refractivity contribution is 5.94. The maximum Gasteiger partial charge on any atom is 0.253 e. The number of rotatable bonds is 7. The molecule has 1 amide bonds. The van der Waals surface area contributed by atoms with E-state index < -0.39 is 0 Å². The van der Waals surface area contributed by atoms with Gasteiger partial charge in [-0.3, -0.25) is 4.79 Å². The number of piperidine rings is 1. The molecule has 0 atom stereocenters. The van der Waals surface area contributed by atoms with Crippen LogP contribution in [-0.4, -0.2) is 33.4 Å². The number of benzene rings is 4. The van der Waals surface area contributed by atoms with Crippen LogP contribution in [0.15, 0.2) is 109 Å². The van der Waals surface area contributed by atoms with Crippen molar-refractivity contribution in [2.24, 2.45) is 5.92 Å². The molecule has 0 N–H and O–H groups in total. The van der Waals surface area contributed by atoms with Crippen LogP contribution in [0, 0.1) is 5.92 Å². The number of carbonyl (C=O) groups is 1. The number of hydrogen-bond donors (Lipinski definition) is 0. The lowest BCUT2D eigenvalue weighted by molar-refractivity contribution is 0.0682.